The summed E-state index contributed by atoms with van der Waals surface area (Å²) < 4.78 is 5.42. The highest BCUT2D eigenvalue weighted by Gasteiger charge is 2.33. The molecule has 0 aliphatic carbocycles. The van der Waals surface area contributed by atoms with Crippen molar-refractivity contribution in [2.75, 3.05) is 13.1 Å². The minimum Gasteiger partial charge on any atom is -0.481 e. The van der Waals surface area contributed by atoms with E-state index in [9.17, 15) is 33.9 Å². The van der Waals surface area contributed by atoms with Gasteiger partial charge in [-0.25, -0.2) is 0 Å². The predicted octanol–water partition coefficient (Wildman–Crippen LogP) is 0.403. The van der Waals surface area contributed by atoms with Gasteiger partial charge in [-0.05, 0) is 88.9 Å². The van der Waals surface area contributed by atoms with Crippen LogP contribution in [0.3, 0.4) is 0 Å². The lowest BCUT2D eigenvalue weighted by Gasteiger charge is -2.27. The van der Waals surface area contributed by atoms with Crippen LogP contribution in [0, 0.1) is 11.8 Å². The van der Waals surface area contributed by atoms with Gasteiger partial charge in [0.15, 0.2) is 5.78 Å². The van der Waals surface area contributed by atoms with E-state index in [2.05, 4.69) is 21.3 Å². The Morgan fingerprint density at radius 1 is 0.918 bits per heavy atom. The molecular formula is C34H55N7O8. The number of carboxylic acids is 1. The maximum Gasteiger partial charge on any atom is 0.306 e. The summed E-state index contributed by atoms with van der Waals surface area (Å²) in [6, 6.07) is -2.06. The summed E-state index contributed by atoms with van der Waals surface area (Å²) in [5.74, 6) is -4.55. The number of hydrogen-bond acceptors (Lipinski definition) is 10. The number of aliphatic carboxylic acids is 1. The lowest BCUT2D eigenvalue weighted by Crippen LogP contribution is -2.58. The Kier molecular flexibility index (Phi) is 18.3. The Morgan fingerprint density at radius 3 is 2.06 bits per heavy atom. The smallest absolute Gasteiger partial charge is 0.306 e. The average Bonchev–Trinajstić information content (AvgIpc) is 3.56. The third kappa shape index (κ3) is 14.9. The van der Waals surface area contributed by atoms with Crippen LogP contribution in [0.15, 0.2) is 35.0 Å². The third-order valence-corrected chi connectivity index (χ3v) is 8.30. The summed E-state index contributed by atoms with van der Waals surface area (Å²) in [4.78, 5) is 79.3. The molecule has 1 aliphatic rings. The van der Waals surface area contributed by atoms with Crippen LogP contribution >= 0.6 is 0 Å². The van der Waals surface area contributed by atoms with E-state index < -0.39 is 71.5 Å². The summed E-state index contributed by atoms with van der Waals surface area (Å²) in [7, 11) is 0. The number of carboxylic acid groups (broad SMARTS) is 1. The number of hydrogen-bond donors (Lipinski definition) is 8. The summed E-state index contributed by atoms with van der Waals surface area (Å²) >= 11 is 0. The molecule has 4 amide bonds. The molecular weight excluding hydrogens is 634 g/mol. The predicted molar refractivity (Wildman–Crippen MR) is 182 cm³/mol. The molecule has 0 spiro atoms. The first-order valence-electron chi connectivity index (χ1n) is 17.2. The van der Waals surface area contributed by atoms with Crippen LogP contribution in [0.4, 0.5) is 0 Å². The van der Waals surface area contributed by atoms with Gasteiger partial charge in [0.05, 0.1) is 24.3 Å². The van der Waals surface area contributed by atoms with E-state index in [1.165, 1.54) is 6.26 Å². The largest absolute Gasteiger partial charge is 0.481 e. The van der Waals surface area contributed by atoms with Crippen molar-refractivity contribution in [1.29, 1.82) is 0 Å². The van der Waals surface area contributed by atoms with Gasteiger partial charge in [0.25, 0.3) is 0 Å². The van der Waals surface area contributed by atoms with E-state index in [-0.39, 0.29) is 50.9 Å². The van der Waals surface area contributed by atoms with Crippen LogP contribution in [-0.2, 0) is 35.2 Å². The van der Waals surface area contributed by atoms with Crippen LogP contribution in [0.2, 0.25) is 0 Å². The number of ketones is 1. The minimum atomic E-state index is -1.19. The first kappa shape index (κ1) is 41.1. The second-order valence-electron chi connectivity index (χ2n) is 13.0. The molecule has 2 rings (SSSR count). The summed E-state index contributed by atoms with van der Waals surface area (Å²) in [5.41, 5.74) is 17.4. The highest BCUT2D eigenvalue weighted by molar-refractivity contribution is 5.96. The number of Topliss-reactive ketones (excluding diaryl/α,β-unsaturated/α-hetero) is 1. The molecule has 2 heterocycles. The fourth-order valence-corrected chi connectivity index (χ4v) is 5.53. The van der Waals surface area contributed by atoms with Crippen molar-refractivity contribution < 1.29 is 38.3 Å². The van der Waals surface area contributed by atoms with Gasteiger partial charge in [0.1, 0.15) is 23.9 Å². The number of amides is 4. The molecule has 1 aromatic rings. The average molecular weight is 690 g/mol. The second-order valence-corrected chi connectivity index (χ2v) is 13.0. The van der Waals surface area contributed by atoms with Crippen molar-refractivity contribution >= 4 is 35.4 Å². The molecule has 0 bridgehead atoms. The first-order chi connectivity index (χ1) is 23.4. The van der Waals surface area contributed by atoms with Gasteiger partial charge >= 0.3 is 5.97 Å². The van der Waals surface area contributed by atoms with E-state index in [1.54, 1.807) is 24.3 Å². The van der Waals surface area contributed by atoms with Gasteiger partial charge in [-0.15, -0.1) is 0 Å². The molecule has 0 radical (unpaired) electrons. The van der Waals surface area contributed by atoms with E-state index in [0.29, 0.717) is 44.5 Å². The fourth-order valence-electron chi connectivity index (χ4n) is 5.53. The lowest BCUT2D eigenvalue weighted by molar-refractivity contribution is -0.144. The van der Waals surface area contributed by atoms with Gasteiger partial charge in [-0.3, -0.25) is 28.8 Å². The molecule has 0 saturated carbocycles. The van der Waals surface area contributed by atoms with E-state index in [0.717, 1.165) is 0 Å². The molecule has 6 atom stereocenters. The number of furan rings is 1. The van der Waals surface area contributed by atoms with Crippen molar-refractivity contribution in [2.45, 2.75) is 115 Å². The van der Waals surface area contributed by atoms with Crippen molar-refractivity contribution in [1.82, 2.24) is 21.3 Å². The summed E-state index contributed by atoms with van der Waals surface area (Å²) in [6.07, 6.45) is 7.42. The standard InChI is InChI=1S/C34H55N7O8/c1-21(2)18-22(34(47)48)19-29(42)28(20-23-10-9-17-49-23)41-33(46)26-12-4-3-11-24(37)30(43)38-25(13-5-7-15-35)31(44)40-27(32(45)39-26)14-6-8-16-36/h3-4,9-10,17,21-22,24-28H,5-8,11-16,18-20,35-37H2,1-2H3,(H,38,43)(H,39,45)(H,40,44)(H,41,46)(H,47,48)/t22-,24+,25+,26+,27+,28+/m1/s1. The number of rotatable bonds is 18. The number of carbonyl (C=O) groups excluding carboxylic acids is 5. The maximum atomic E-state index is 13.8. The fraction of sp³-hybridized carbons (Fsp3) is 0.647. The van der Waals surface area contributed by atoms with Crippen molar-refractivity contribution in [2.24, 2.45) is 29.0 Å². The molecule has 49 heavy (non-hydrogen) atoms. The molecule has 11 N–H and O–H groups in total. The van der Waals surface area contributed by atoms with Gasteiger partial charge in [0, 0.05) is 12.8 Å². The number of unbranched alkanes of at least 4 members (excludes halogenated alkanes) is 2. The van der Waals surface area contributed by atoms with Gasteiger partial charge in [0.2, 0.25) is 23.6 Å². The second kappa shape index (κ2) is 21.8. The van der Waals surface area contributed by atoms with Crippen LogP contribution in [0.25, 0.3) is 0 Å². The first-order valence-corrected chi connectivity index (χ1v) is 17.2. The highest BCUT2D eigenvalue weighted by Crippen LogP contribution is 2.19. The quantitative estimate of drug-likeness (QED) is 0.0773. The zero-order valence-corrected chi connectivity index (χ0v) is 28.7. The molecule has 1 aliphatic heterocycles. The molecule has 15 nitrogen and oxygen atoms in total. The molecule has 15 heteroatoms. The van der Waals surface area contributed by atoms with Crippen LogP contribution in [0.1, 0.15) is 83.8 Å². The van der Waals surface area contributed by atoms with Gasteiger partial charge in [-0.2, -0.15) is 0 Å². The topological polar surface area (TPSA) is 262 Å². The van der Waals surface area contributed by atoms with E-state index in [1.807, 2.05) is 13.8 Å². The zero-order chi connectivity index (χ0) is 36.3. The Hall–Kier alpha value is -4.08. The Labute approximate surface area is 287 Å². The van der Waals surface area contributed by atoms with E-state index >= 15 is 0 Å². The summed E-state index contributed by atoms with van der Waals surface area (Å²) in [6.45, 7) is 4.50. The SMILES string of the molecule is CC(C)C[C@H](CC(=O)[C@H](Cc1ccco1)NC(=O)[C@@H]1CC=CC[C@H](N)C(=O)N[C@@H](CCCCN)C(=O)N[C@@H](CCCCN)C(=O)N1)C(=O)O. The summed E-state index contributed by atoms with van der Waals surface area (Å²) in [5, 5.41) is 20.6. The monoisotopic (exact) mass is 689 g/mol. The molecule has 0 saturated heterocycles. The van der Waals surface area contributed by atoms with Gasteiger partial charge < -0.3 is 48.0 Å². The molecule has 1 aromatic heterocycles. The van der Waals surface area contributed by atoms with E-state index in [4.69, 9.17) is 21.6 Å². The number of nitrogens with two attached hydrogens (primary N) is 3. The zero-order valence-electron chi connectivity index (χ0n) is 28.7. The molecule has 0 unspecified atom stereocenters. The normalized spacial score (nSPS) is 22.0. The van der Waals surface area contributed by atoms with Crippen molar-refractivity contribution in [3.63, 3.8) is 0 Å². The Bertz CT molecular complexity index is 1250. The third-order valence-electron chi connectivity index (χ3n) is 8.30. The van der Waals surface area contributed by atoms with Crippen LogP contribution in [-0.4, -0.2) is 83.8 Å². The maximum absolute atomic E-state index is 13.8. The van der Waals surface area contributed by atoms with Crippen molar-refractivity contribution in [3.05, 3.63) is 36.3 Å². The number of carbonyl (C=O) groups is 6. The lowest BCUT2D eigenvalue weighted by atomic mass is 9.89. The highest BCUT2D eigenvalue weighted by atomic mass is 16.4. The Morgan fingerprint density at radius 2 is 1.51 bits per heavy atom. The minimum absolute atomic E-state index is 0.0240. The van der Waals surface area contributed by atoms with Crippen molar-refractivity contribution in [3.8, 4) is 0 Å². The molecule has 0 aromatic carbocycles. The van der Waals surface area contributed by atoms with Gasteiger partial charge in [-0.1, -0.05) is 26.0 Å². The number of nitrogens with one attached hydrogen (secondary N) is 4. The van der Waals surface area contributed by atoms with Crippen LogP contribution in [0.5, 0.6) is 0 Å². The van der Waals surface area contributed by atoms with Crippen LogP contribution < -0.4 is 38.5 Å². The molecule has 0 fully saturated rings. The molecule has 274 valence electrons. The Balaban J connectivity index is 2.39.